The first-order chi connectivity index (χ1) is 6.89. The van der Waals surface area contributed by atoms with E-state index in [0.29, 0.717) is 13.1 Å². The SMILES string of the molecule is CC(C)(C)OC(=O)CN(CCO)CCO. The van der Waals surface area contributed by atoms with E-state index in [9.17, 15) is 4.79 Å². The van der Waals surface area contributed by atoms with E-state index in [-0.39, 0.29) is 25.7 Å². The molecular weight excluding hydrogens is 198 g/mol. The fourth-order valence-corrected chi connectivity index (χ4v) is 1.11. The lowest BCUT2D eigenvalue weighted by molar-refractivity contribution is -0.156. The van der Waals surface area contributed by atoms with Crippen molar-refractivity contribution < 1.29 is 19.7 Å². The quantitative estimate of drug-likeness (QED) is 0.596. The minimum absolute atomic E-state index is 0.0389. The highest BCUT2D eigenvalue weighted by Crippen LogP contribution is 2.07. The molecule has 0 atom stereocenters. The number of hydrogen-bond donors (Lipinski definition) is 2. The van der Waals surface area contributed by atoms with Crippen molar-refractivity contribution in [1.82, 2.24) is 4.90 Å². The summed E-state index contributed by atoms with van der Waals surface area (Å²) in [6.45, 7) is 6.14. The van der Waals surface area contributed by atoms with Gasteiger partial charge in [0.15, 0.2) is 0 Å². The van der Waals surface area contributed by atoms with E-state index in [4.69, 9.17) is 14.9 Å². The van der Waals surface area contributed by atoms with Gasteiger partial charge in [0.05, 0.1) is 19.8 Å². The highest BCUT2D eigenvalue weighted by atomic mass is 16.6. The maximum Gasteiger partial charge on any atom is 0.320 e. The Balaban J connectivity index is 3.99. The highest BCUT2D eigenvalue weighted by Gasteiger charge is 2.18. The second-order valence-electron chi connectivity index (χ2n) is 4.31. The molecule has 0 spiro atoms. The van der Waals surface area contributed by atoms with Gasteiger partial charge in [-0.1, -0.05) is 0 Å². The maximum absolute atomic E-state index is 11.4. The van der Waals surface area contributed by atoms with Gasteiger partial charge in [0.25, 0.3) is 0 Å². The zero-order valence-electron chi connectivity index (χ0n) is 9.69. The molecule has 0 saturated carbocycles. The lowest BCUT2D eigenvalue weighted by Crippen LogP contribution is -2.37. The largest absolute Gasteiger partial charge is 0.459 e. The summed E-state index contributed by atoms with van der Waals surface area (Å²) in [6.07, 6.45) is 0. The van der Waals surface area contributed by atoms with E-state index in [1.807, 2.05) is 0 Å². The Morgan fingerprint density at radius 1 is 1.20 bits per heavy atom. The number of esters is 1. The van der Waals surface area contributed by atoms with Gasteiger partial charge in [-0.05, 0) is 20.8 Å². The molecule has 0 aliphatic carbocycles. The van der Waals surface area contributed by atoms with Crippen LogP contribution in [0.4, 0.5) is 0 Å². The fourth-order valence-electron chi connectivity index (χ4n) is 1.11. The Morgan fingerprint density at radius 2 is 1.67 bits per heavy atom. The molecule has 0 saturated heterocycles. The smallest absolute Gasteiger partial charge is 0.320 e. The van der Waals surface area contributed by atoms with Crippen molar-refractivity contribution in [3.05, 3.63) is 0 Å². The van der Waals surface area contributed by atoms with Crippen LogP contribution in [0, 0.1) is 0 Å². The van der Waals surface area contributed by atoms with E-state index in [1.54, 1.807) is 25.7 Å². The summed E-state index contributed by atoms with van der Waals surface area (Å²) in [5.74, 6) is -0.343. The monoisotopic (exact) mass is 219 g/mol. The van der Waals surface area contributed by atoms with Crippen molar-refractivity contribution in [2.75, 3.05) is 32.8 Å². The molecule has 0 radical (unpaired) electrons. The molecule has 0 aromatic heterocycles. The molecule has 0 heterocycles. The topological polar surface area (TPSA) is 70.0 Å². The van der Waals surface area contributed by atoms with Gasteiger partial charge in [-0.25, -0.2) is 0 Å². The summed E-state index contributed by atoms with van der Waals surface area (Å²) in [5.41, 5.74) is -0.499. The summed E-state index contributed by atoms with van der Waals surface area (Å²) in [7, 11) is 0. The molecule has 0 aromatic rings. The summed E-state index contributed by atoms with van der Waals surface area (Å²) in [5, 5.41) is 17.5. The van der Waals surface area contributed by atoms with Crippen LogP contribution in [0.3, 0.4) is 0 Å². The number of carbonyl (C=O) groups excluding carboxylic acids is 1. The zero-order chi connectivity index (χ0) is 11.9. The minimum atomic E-state index is -0.499. The normalized spacial score (nSPS) is 11.9. The van der Waals surface area contributed by atoms with Gasteiger partial charge in [-0.2, -0.15) is 0 Å². The molecule has 0 bridgehead atoms. The second-order valence-corrected chi connectivity index (χ2v) is 4.31. The molecule has 0 fully saturated rings. The Morgan fingerprint density at radius 3 is 2.00 bits per heavy atom. The summed E-state index contributed by atoms with van der Waals surface area (Å²) < 4.78 is 5.12. The molecule has 2 N–H and O–H groups in total. The Bertz CT molecular complexity index is 182. The average molecular weight is 219 g/mol. The lowest BCUT2D eigenvalue weighted by Gasteiger charge is -2.23. The van der Waals surface area contributed by atoms with E-state index in [0.717, 1.165) is 0 Å². The number of rotatable bonds is 6. The molecule has 0 unspecified atom stereocenters. The van der Waals surface area contributed by atoms with Crippen LogP contribution < -0.4 is 0 Å². The summed E-state index contributed by atoms with van der Waals surface area (Å²) in [6, 6.07) is 0. The zero-order valence-corrected chi connectivity index (χ0v) is 9.69. The van der Waals surface area contributed by atoms with E-state index in [2.05, 4.69) is 0 Å². The predicted octanol–water partition coefficient (Wildman–Crippen LogP) is -0.385. The number of aliphatic hydroxyl groups excluding tert-OH is 2. The van der Waals surface area contributed by atoms with Gasteiger partial charge < -0.3 is 14.9 Å². The molecule has 15 heavy (non-hydrogen) atoms. The van der Waals surface area contributed by atoms with Crippen molar-refractivity contribution in [2.24, 2.45) is 0 Å². The third-order valence-corrected chi connectivity index (χ3v) is 1.61. The van der Waals surface area contributed by atoms with Crippen LogP contribution in [0.5, 0.6) is 0 Å². The molecule has 90 valence electrons. The van der Waals surface area contributed by atoms with Crippen LogP contribution in [0.15, 0.2) is 0 Å². The highest BCUT2D eigenvalue weighted by molar-refractivity contribution is 5.72. The van der Waals surface area contributed by atoms with Crippen LogP contribution in [0.2, 0.25) is 0 Å². The first kappa shape index (κ1) is 14.3. The van der Waals surface area contributed by atoms with Crippen molar-refractivity contribution in [3.8, 4) is 0 Å². The summed E-state index contributed by atoms with van der Waals surface area (Å²) >= 11 is 0. The van der Waals surface area contributed by atoms with Crippen molar-refractivity contribution >= 4 is 5.97 Å². The van der Waals surface area contributed by atoms with E-state index in [1.165, 1.54) is 0 Å². The van der Waals surface area contributed by atoms with E-state index >= 15 is 0 Å². The molecular formula is C10H21NO4. The number of nitrogens with zero attached hydrogens (tertiary/aromatic N) is 1. The summed E-state index contributed by atoms with van der Waals surface area (Å²) in [4.78, 5) is 13.0. The van der Waals surface area contributed by atoms with Crippen LogP contribution in [0.1, 0.15) is 20.8 Å². The molecule has 0 aromatic carbocycles. The molecule has 0 aliphatic rings. The second kappa shape index (κ2) is 6.76. The minimum Gasteiger partial charge on any atom is -0.459 e. The average Bonchev–Trinajstić information content (AvgIpc) is 2.00. The van der Waals surface area contributed by atoms with Crippen molar-refractivity contribution in [1.29, 1.82) is 0 Å². The lowest BCUT2D eigenvalue weighted by atomic mass is 10.2. The van der Waals surface area contributed by atoms with Crippen LogP contribution in [0.25, 0.3) is 0 Å². The van der Waals surface area contributed by atoms with Gasteiger partial charge >= 0.3 is 5.97 Å². The first-order valence-electron chi connectivity index (χ1n) is 5.05. The standard InChI is InChI=1S/C10H21NO4/c1-10(2,3)15-9(14)8-11(4-6-12)5-7-13/h12-13H,4-8H2,1-3H3. The maximum atomic E-state index is 11.4. The van der Waals surface area contributed by atoms with Gasteiger partial charge in [0, 0.05) is 13.1 Å². The van der Waals surface area contributed by atoms with Crippen LogP contribution in [-0.2, 0) is 9.53 Å². The number of hydrogen-bond acceptors (Lipinski definition) is 5. The third kappa shape index (κ3) is 8.35. The van der Waals surface area contributed by atoms with E-state index < -0.39 is 5.60 Å². The number of ether oxygens (including phenoxy) is 1. The molecule has 0 aliphatic heterocycles. The van der Waals surface area contributed by atoms with Gasteiger partial charge in [0.1, 0.15) is 5.60 Å². The predicted molar refractivity (Wildman–Crippen MR) is 56.5 cm³/mol. The third-order valence-electron chi connectivity index (χ3n) is 1.61. The van der Waals surface area contributed by atoms with Gasteiger partial charge in [0.2, 0.25) is 0 Å². The van der Waals surface area contributed by atoms with Gasteiger partial charge in [-0.15, -0.1) is 0 Å². The fraction of sp³-hybridized carbons (Fsp3) is 0.900. The van der Waals surface area contributed by atoms with Gasteiger partial charge in [-0.3, -0.25) is 9.69 Å². The van der Waals surface area contributed by atoms with Crippen molar-refractivity contribution in [2.45, 2.75) is 26.4 Å². The molecule has 0 rings (SSSR count). The molecule has 0 amide bonds. The Hall–Kier alpha value is -0.650. The molecule has 5 heteroatoms. The Labute approximate surface area is 90.6 Å². The van der Waals surface area contributed by atoms with Crippen molar-refractivity contribution in [3.63, 3.8) is 0 Å². The van der Waals surface area contributed by atoms with Crippen LogP contribution >= 0.6 is 0 Å². The molecule has 5 nitrogen and oxygen atoms in total. The number of carbonyl (C=O) groups is 1. The first-order valence-corrected chi connectivity index (χ1v) is 5.05. The number of aliphatic hydroxyl groups is 2. The van der Waals surface area contributed by atoms with Crippen LogP contribution in [-0.4, -0.2) is 59.5 Å². The Kier molecular flexibility index (Phi) is 6.47.